The number of rotatable bonds is 2. The number of likely N-dealkylation sites (tertiary alicyclic amines) is 1. The molecule has 2 atom stereocenters. The molecular weight excluding hydrogens is 284 g/mol. The first-order valence-corrected chi connectivity index (χ1v) is 8.90. The normalized spacial score (nSPS) is 33.6. The molecule has 1 aromatic carbocycles. The molecule has 2 unspecified atom stereocenters. The smallest absolute Gasteiger partial charge is 0.254 e. The Balaban J connectivity index is 1.55. The number of hydrogen-bond donors (Lipinski definition) is 1. The highest BCUT2D eigenvalue weighted by Gasteiger charge is 2.51. The quantitative estimate of drug-likeness (QED) is 0.905. The van der Waals surface area contributed by atoms with Gasteiger partial charge in [-0.25, -0.2) is 0 Å². The van der Waals surface area contributed by atoms with E-state index in [0.717, 1.165) is 37.8 Å². The van der Waals surface area contributed by atoms with Gasteiger partial charge in [-0.15, -0.1) is 0 Å². The molecule has 124 valence electrons. The fourth-order valence-electron chi connectivity index (χ4n) is 5.23. The second kappa shape index (κ2) is 4.60. The summed E-state index contributed by atoms with van der Waals surface area (Å²) in [5, 5.41) is 0. The Bertz CT molecular complexity index is 644. The highest BCUT2D eigenvalue weighted by molar-refractivity contribution is 5.94. The van der Waals surface area contributed by atoms with Crippen molar-refractivity contribution in [3.05, 3.63) is 35.4 Å². The standard InChI is InChI=1S/C20H28N2O/c1-18(2)10-16-11-19(3,12-18)13-22(16)17(23)14-4-6-15(7-5-14)20(21)8-9-20/h4-7,16H,8-13,21H2,1-3H3. The molecule has 23 heavy (non-hydrogen) atoms. The number of hydrogen-bond acceptors (Lipinski definition) is 2. The van der Waals surface area contributed by atoms with Crippen molar-refractivity contribution in [3.8, 4) is 0 Å². The minimum atomic E-state index is -0.122. The molecule has 1 aromatic rings. The molecule has 1 heterocycles. The van der Waals surface area contributed by atoms with Gasteiger partial charge in [0.25, 0.3) is 5.91 Å². The molecule has 3 heteroatoms. The fourth-order valence-corrected chi connectivity index (χ4v) is 5.23. The van der Waals surface area contributed by atoms with Crippen LogP contribution in [0.4, 0.5) is 0 Å². The zero-order valence-electron chi connectivity index (χ0n) is 14.6. The van der Waals surface area contributed by atoms with Crippen LogP contribution in [0, 0.1) is 10.8 Å². The van der Waals surface area contributed by atoms with Gasteiger partial charge in [0.05, 0.1) is 0 Å². The Morgan fingerprint density at radius 1 is 1.13 bits per heavy atom. The van der Waals surface area contributed by atoms with Gasteiger partial charge in [-0.1, -0.05) is 32.9 Å². The molecule has 2 aliphatic carbocycles. The van der Waals surface area contributed by atoms with Crippen LogP contribution < -0.4 is 5.73 Å². The molecule has 0 spiro atoms. The third-order valence-electron chi connectivity index (χ3n) is 6.17. The van der Waals surface area contributed by atoms with E-state index < -0.39 is 0 Å². The zero-order chi connectivity index (χ0) is 16.5. The summed E-state index contributed by atoms with van der Waals surface area (Å²) >= 11 is 0. The van der Waals surface area contributed by atoms with Gasteiger partial charge in [0, 0.05) is 23.7 Å². The van der Waals surface area contributed by atoms with Gasteiger partial charge in [0.1, 0.15) is 0 Å². The van der Waals surface area contributed by atoms with Crippen molar-refractivity contribution in [1.29, 1.82) is 0 Å². The van der Waals surface area contributed by atoms with Crippen molar-refractivity contribution in [2.45, 2.75) is 64.5 Å². The first-order valence-electron chi connectivity index (χ1n) is 8.90. The highest BCUT2D eigenvalue weighted by Crippen LogP contribution is 2.52. The lowest BCUT2D eigenvalue weighted by molar-refractivity contribution is 0.0708. The highest BCUT2D eigenvalue weighted by atomic mass is 16.2. The monoisotopic (exact) mass is 312 g/mol. The number of amides is 1. The van der Waals surface area contributed by atoms with Gasteiger partial charge < -0.3 is 10.6 Å². The molecule has 3 nitrogen and oxygen atoms in total. The van der Waals surface area contributed by atoms with Crippen LogP contribution >= 0.6 is 0 Å². The summed E-state index contributed by atoms with van der Waals surface area (Å²) in [5.74, 6) is 0.199. The lowest BCUT2D eigenvalue weighted by Crippen LogP contribution is -2.37. The Hall–Kier alpha value is -1.35. The predicted molar refractivity (Wildman–Crippen MR) is 92.1 cm³/mol. The summed E-state index contributed by atoms with van der Waals surface area (Å²) in [7, 11) is 0. The maximum atomic E-state index is 13.0. The Morgan fingerprint density at radius 2 is 1.78 bits per heavy atom. The average molecular weight is 312 g/mol. The summed E-state index contributed by atoms with van der Waals surface area (Å²) in [6, 6.07) is 8.45. The van der Waals surface area contributed by atoms with Gasteiger partial charge in [0.2, 0.25) is 0 Å². The average Bonchev–Trinajstić information content (AvgIpc) is 3.15. The van der Waals surface area contributed by atoms with E-state index in [9.17, 15) is 4.79 Å². The number of nitrogens with zero attached hydrogens (tertiary/aromatic N) is 1. The minimum Gasteiger partial charge on any atom is -0.335 e. The van der Waals surface area contributed by atoms with Gasteiger partial charge in [-0.3, -0.25) is 4.79 Å². The Morgan fingerprint density at radius 3 is 2.39 bits per heavy atom. The van der Waals surface area contributed by atoms with E-state index >= 15 is 0 Å². The molecule has 2 N–H and O–H groups in total. The van der Waals surface area contributed by atoms with E-state index in [1.54, 1.807) is 0 Å². The summed E-state index contributed by atoms with van der Waals surface area (Å²) in [4.78, 5) is 15.2. The first kappa shape index (κ1) is 15.2. The Kier molecular flexibility index (Phi) is 3.04. The maximum Gasteiger partial charge on any atom is 0.254 e. The molecule has 3 fully saturated rings. The second-order valence-electron chi connectivity index (χ2n) is 9.38. The molecule has 4 rings (SSSR count). The molecule has 3 aliphatic rings. The van der Waals surface area contributed by atoms with E-state index in [0.29, 0.717) is 11.5 Å². The van der Waals surface area contributed by atoms with Crippen LogP contribution in [-0.4, -0.2) is 23.4 Å². The molecule has 0 aromatic heterocycles. The molecular formula is C20H28N2O. The van der Waals surface area contributed by atoms with Crippen molar-refractivity contribution in [2.75, 3.05) is 6.54 Å². The van der Waals surface area contributed by atoms with E-state index in [1.165, 1.54) is 12.0 Å². The first-order chi connectivity index (χ1) is 10.7. The Labute approximate surface area is 139 Å². The van der Waals surface area contributed by atoms with Crippen LogP contribution in [0.15, 0.2) is 24.3 Å². The van der Waals surface area contributed by atoms with Crippen LogP contribution in [0.5, 0.6) is 0 Å². The summed E-state index contributed by atoms with van der Waals surface area (Å²) in [5.41, 5.74) is 8.73. The van der Waals surface area contributed by atoms with Crippen molar-refractivity contribution < 1.29 is 4.79 Å². The largest absolute Gasteiger partial charge is 0.335 e. The number of fused-ring (bicyclic) bond motifs is 2. The molecule has 0 radical (unpaired) electrons. The molecule has 1 amide bonds. The van der Waals surface area contributed by atoms with E-state index in [4.69, 9.17) is 5.73 Å². The fraction of sp³-hybridized carbons (Fsp3) is 0.650. The zero-order valence-corrected chi connectivity index (χ0v) is 14.6. The molecule has 2 saturated carbocycles. The summed E-state index contributed by atoms with van der Waals surface area (Å²) in [6.45, 7) is 7.94. The van der Waals surface area contributed by atoms with Crippen LogP contribution in [0.3, 0.4) is 0 Å². The van der Waals surface area contributed by atoms with Crippen molar-refractivity contribution in [1.82, 2.24) is 4.90 Å². The van der Waals surface area contributed by atoms with Gasteiger partial charge in [0.15, 0.2) is 0 Å². The van der Waals surface area contributed by atoms with Crippen LogP contribution in [0.25, 0.3) is 0 Å². The SMILES string of the molecule is CC1(C)CC2CC(C)(CN2C(=O)c2ccc(C3(N)CC3)cc2)C1. The van der Waals surface area contributed by atoms with Gasteiger partial charge in [-0.05, 0) is 60.6 Å². The lowest BCUT2D eigenvalue weighted by atomic mass is 9.65. The number of benzene rings is 1. The van der Waals surface area contributed by atoms with Crippen molar-refractivity contribution in [3.63, 3.8) is 0 Å². The molecule has 1 saturated heterocycles. The van der Waals surface area contributed by atoms with Gasteiger partial charge in [-0.2, -0.15) is 0 Å². The predicted octanol–water partition coefficient (Wildman–Crippen LogP) is 3.68. The topological polar surface area (TPSA) is 46.3 Å². The minimum absolute atomic E-state index is 0.122. The summed E-state index contributed by atoms with van der Waals surface area (Å²) < 4.78 is 0. The van der Waals surface area contributed by atoms with Crippen molar-refractivity contribution >= 4 is 5.91 Å². The molecule has 1 aliphatic heterocycles. The van der Waals surface area contributed by atoms with E-state index in [2.05, 4.69) is 25.7 Å². The van der Waals surface area contributed by atoms with E-state index in [1.807, 2.05) is 24.3 Å². The van der Waals surface area contributed by atoms with Crippen LogP contribution in [0.2, 0.25) is 0 Å². The van der Waals surface area contributed by atoms with Crippen LogP contribution in [0.1, 0.15) is 68.8 Å². The lowest BCUT2D eigenvalue weighted by Gasteiger charge is -2.39. The van der Waals surface area contributed by atoms with E-state index in [-0.39, 0.29) is 16.9 Å². The summed E-state index contributed by atoms with van der Waals surface area (Å²) in [6.07, 6.45) is 5.61. The number of carbonyl (C=O) groups is 1. The third kappa shape index (κ3) is 2.59. The maximum absolute atomic E-state index is 13.0. The van der Waals surface area contributed by atoms with Crippen molar-refractivity contribution in [2.24, 2.45) is 16.6 Å². The second-order valence-corrected chi connectivity index (χ2v) is 9.38. The molecule has 2 bridgehead atoms. The van der Waals surface area contributed by atoms with Crippen LogP contribution in [-0.2, 0) is 5.54 Å². The van der Waals surface area contributed by atoms with Gasteiger partial charge >= 0.3 is 0 Å². The number of carbonyl (C=O) groups excluding carboxylic acids is 1. The third-order valence-corrected chi connectivity index (χ3v) is 6.17. The number of nitrogens with two attached hydrogens (primary N) is 1.